The number of aromatic nitrogens is 4. The number of carbonyl (C=O) groups is 2. The number of esters is 2. The number of ether oxygens (including phenoxy) is 2. The SMILES string of the molecule is COC(=O)/C=C/c1ccc([C@@H]2CCCN2)cc1.COC(=O)/C=C/c1ccc([C@@H]2CCCN2CCc2c(C)nn(S(=O)(=O)c3ccc(C)cc3)c2C)cc1.Cc1ccc(S(=O)(=O)n2nc(C)c(CCOS(C)(=O)=O)c2C)cc1. The molecule has 0 bridgehead atoms. The quantitative estimate of drug-likeness (QED) is 0.0515. The Balaban J connectivity index is 0.000000202. The molecule has 0 spiro atoms. The van der Waals surface area contributed by atoms with Gasteiger partial charge in [0.15, 0.2) is 0 Å². The fourth-order valence-electron chi connectivity index (χ4n) is 9.23. The van der Waals surface area contributed by atoms with Crippen LogP contribution in [0.1, 0.15) is 105 Å². The first-order valence-corrected chi connectivity index (χ1v) is 30.0. The number of benzene rings is 4. The van der Waals surface area contributed by atoms with Crippen LogP contribution in [-0.2, 0) is 66.3 Å². The minimum atomic E-state index is -3.80. The number of nitrogens with one attached hydrogen (secondary N) is 1. The lowest BCUT2D eigenvalue weighted by atomic mass is 10.0. The van der Waals surface area contributed by atoms with Gasteiger partial charge in [0.1, 0.15) is 0 Å². The van der Waals surface area contributed by atoms with E-state index < -0.39 is 30.2 Å². The summed E-state index contributed by atoms with van der Waals surface area (Å²) in [4.78, 5) is 25.1. The van der Waals surface area contributed by atoms with Crippen LogP contribution in [0.15, 0.2) is 119 Å². The fraction of sp³-hybridized carbons (Fsp3) is 0.368. The Morgan fingerprint density at radius 1 is 0.610 bits per heavy atom. The van der Waals surface area contributed by atoms with Crippen molar-refractivity contribution in [3.8, 4) is 0 Å². The third-order valence-corrected chi connectivity index (χ3v) is 17.5. The van der Waals surface area contributed by atoms with Gasteiger partial charge in [0, 0.05) is 37.2 Å². The third kappa shape index (κ3) is 16.0. The summed E-state index contributed by atoms with van der Waals surface area (Å²) in [6.45, 7) is 13.7. The molecule has 2 saturated heterocycles. The average Bonchev–Trinajstić information content (AvgIpc) is 4.26. The number of hydrogen-bond acceptors (Lipinski definition) is 15. The van der Waals surface area contributed by atoms with Crippen molar-refractivity contribution in [2.45, 2.75) is 102 Å². The van der Waals surface area contributed by atoms with Crippen molar-refractivity contribution in [1.29, 1.82) is 0 Å². The molecule has 2 aliphatic heterocycles. The molecule has 77 heavy (non-hydrogen) atoms. The van der Waals surface area contributed by atoms with E-state index in [0.29, 0.717) is 34.7 Å². The summed E-state index contributed by atoms with van der Waals surface area (Å²) < 4.78 is 90.1. The van der Waals surface area contributed by atoms with Gasteiger partial charge in [-0.1, -0.05) is 83.9 Å². The molecular weight excluding hydrogens is 1040 g/mol. The molecule has 412 valence electrons. The monoisotopic (exact) mass is 1110 g/mol. The fourth-order valence-corrected chi connectivity index (χ4v) is 12.4. The molecule has 0 unspecified atom stereocenters. The minimum absolute atomic E-state index is 0.0587. The summed E-state index contributed by atoms with van der Waals surface area (Å²) >= 11 is 0. The Kier molecular flexibility index (Phi) is 20.7. The highest BCUT2D eigenvalue weighted by Crippen LogP contribution is 2.33. The smallest absolute Gasteiger partial charge is 0.330 e. The molecule has 20 heteroatoms. The van der Waals surface area contributed by atoms with Crippen LogP contribution in [0.4, 0.5) is 0 Å². The van der Waals surface area contributed by atoms with Gasteiger partial charge >= 0.3 is 11.9 Å². The van der Waals surface area contributed by atoms with Gasteiger partial charge in [-0.15, -0.1) is 0 Å². The van der Waals surface area contributed by atoms with E-state index in [0.717, 1.165) is 82.8 Å². The predicted octanol–water partition coefficient (Wildman–Crippen LogP) is 8.47. The van der Waals surface area contributed by atoms with E-state index in [2.05, 4.69) is 54.2 Å². The zero-order valence-electron chi connectivity index (χ0n) is 45.2. The summed E-state index contributed by atoms with van der Waals surface area (Å²) in [6.07, 6.45) is 13.0. The first-order valence-electron chi connectivity index (χ1n) is 25.3. The summed E-state index contributed by atoms with van der Waals surface area (Å²) in [5, 5.41) is 12.0. The van der Waals surface area contributed by atoms with Crippen LogP contribution < -0.4 is 5.32 Å². The Bertz CT molecular complexity index is 3380. The molecule has 2 aliphatic rings. The third-order valence-electron chi connectivity index (χ3n) is 13.5. The van der Waals surface area contributed by atoms with Crippen LogP contribution in [0, 0.1) is 41.5 Å². The number of nitrogens with zero attached hydrogens (tertiary/aromatic N) is 5. The zero-order valence-corrected chi connectivity index (χ0v) is 47.7. The largest absolute Gasteiger partial charge is 0.466 e. The molecule has 0 aliphatic carbocycles. The Morgan fingerprint density at radius 3 is 1.49 bits per heavy atom. The van der Waals surface area contributed by atoms with Gasteiger partial charge in [0.05, 0.1) is 59.6 Å². The number of hydrogen-bond donors (Lipinski definition) is 1. The maximum atomic E-state index is 13.2. The molecule has 8 rings (SSSR count). The second-order valence-electron chi connectivity index (χ2n) is 19.0. The molecule has 0 saturated carbocycles. The van der Waals surface area contributed by atoms with Crippen LogP contribution in [0.5, 0.6) is 0 Å². The Hall–Kier alpha value is -6.55. The first kappa shape index (κ1) is 59.7. The molecule has 2 fully saturated rings. The molecule has 2 aromatic heterocycles. The van der Waals surface area contributed by atoms with Gasteiger partial charge in [-0.2, -0.15) is 43.6 Å². The second-order valence-corrected chi connectivity index (χ2v) is 24.2. The molecule has 6 aromatic rings. The van der Waals surface area contributed by atoms with E-state index in [9.17, 15) is 34.8 Å². The molecule has 1 N–H and O–H groups in total. The van der Waals surface area contributed by atoms with Gasteiger partial charge in [-0.25, -0.2) is 9.59 Å². The van der Waals surface area contributed by atoms with E-state index in [1.54, 1.807) is 62.4 Å². The van der Waals surface area contributed by atoms with Crippen LogP contribution in [0.25, 0.3) is 12.2 Å². The van der Waals surface area contributed by atoms with E-state index in [1.165, 1.54) is 66.6 Å². The molecule has 4 aromatic carbocycles. The van der Waals surface area contributed by atoms with Crippen molar-refractivity contribution in [1.82, 2.24) is 28.6 Å². The van der Waals surface area contributed by atoms with Crippen LogP contribution in [-0.4, -0.2) is 107 Å². The maximum absolute atomic E-state index is 13.2. The summed E-state index contributed by atoms with van der Waals surface area (Å²) in [6, 6.07) is 30.7. The summed E-state index contributed by atoms with van der Waals surface area (Å²) in [5.41, 5.74) is 10.5. The predicted molar refractivity (Wildman–Crippen MR) is 298 cm³/mol. The molecule has 0 amide bonds. The number of likely N-dealkylation sites (tertiary alicyclic amines) is 1. The van der Waals surface area contributed by atoms with Gasteiger partial charge in [-0.3, -0.25) is 9.08 Å². The van der Waals surface area contributed by atoms with Gasteiger partial charge in [-0.05, 0) is 157 Å². The Labute approximate surface area is 454 Å². The highest BCUT2D eigenvalue weighted by atomic mass is 32.2. The number of carbonyl (C=O) groups excluding carboxylic acids is 2. The van der Waals surface area contributed by atoms with Crippen molar-refractivity contribution in [2.24, 2.45) is 0 Å². The molecule has 2 atom stereocenters. The number of aryl methyl sites for hydroxylation is 4. The van der Waals surface area contributed by atoms with E-state index in [1.807, 2.05) is 52.0 Å². The van der Waals surface area contributed by atoms with Gasteiger partial charge in [0.2, 0.25) is 0 Å². The maximum Gasteiger partial charge on any atom is 0.330 e. The molecular formula is C57H70N6O11S3. The van der Waals surface area contributed by atoms with Crippen LogP contribution >= 0.6 is 0 Å². The first-order chi connectivity index (χ1) is 36.5. The van der Waals surface area contributed by atoms with Gasteiger partial charge in [0.25, 0.3) is 30.2 Å². The highest BCUT2D eigenvalue weighted by molar-refractivity contribution is 7.90. The van der Waals surface area contributed by atoms with Crippen LogP contribution in [0.3, 0.4) is 0 Å². The minimum Gasteiger partial charge on any atom is -0.466 e. The summed E-state index contributed by atoms with van der Waals surface area (Å²) in [7, 11) is -8.33. The average molecular weight is 1110 g/mol. The number of rotatable bonds is 17. The normalized spacial score (nSPS) is 16.0. The second kappa shape index (κ2) is 26.7. The van der Waals surface area contributed by atoms with E-state index >= 15 is 0 Å². The molecule has 4 heterocycles. The molecule has 0 radical (unpaired) electrons. The van der Waals surface area contributed by atoms with Crippen LogP contribution in [0.2, 0.25) is 0 Å². The lowest BCUT2D eigenvalue weighted by Crippen LogP contribution is -2.26. The lowest BCUT2D eigenvalue weighted by molar-refractivity contribution is -0.135. The van der Waals surface area contributed by atoms with Crippen molar-refractivity contribution in [2.75, 3.05) is 46.7 Å². The van der Waals surface area contributed by atoms with Crippen molar-refractivity contribution in [3.05, 3.63) is 176 Å². The summed E-state index contributed by atoms with van der Waals surface area (Å²) in [5.74, 6) is -0.701. The molecule has 17 nitrogen and oxygen atoms in total. The number of methoxy groups -OCH3 is 2. The Morgan fingerprint density at radius 2 is 1.06 bits per heavy atom. The van der Waals surface area contributed by atoms with E-state index in [4.69, 9.17) is 4.18 Å². The topological polar surface area (TPSA) is 215 Å². The highest BCUT2D eigenvalue weighted by Gasteiger charge is 2.29. The standard InChI is InChI=1S/C28H33N3O4S.C15H20N2O5S2.C14H17NO2/c1-20-7-14-25(15-8-20)36(33,34)31-22(3)26(21(2)29-31)17-19-30-18-5-6-27(30)24-12-9-23(10-13-24)11-16-28(32)35-4;1-11-5-7-14(8-6-11)24(20,21)17-13(3)15(12(2)16-17)9-10-22-23(4,18)19;1-17-14(16)9-6-11-4-7-12(8-5-11)13-3-2-10-15-13/h7-16,27H,5-6,17-19H2,1-4H3;5-8H,9-10H2,1-4H3;4-9,13,15H,2-3,10H2,1H3/b16-11+;;9-6+/t27-;;13-/m0.0/s1. The van der Waals surface area contributed by atoms with Gasteiger partial charge < -0.3 is 14.8 Å². The lowest BCUT2D eigenvalue weighted by Gasteiger charge is -2.25. The zero-order chi connectivity index (χ0) is 56.1. The van der Waals surface area contributed by atoms with Crippen molar-refractivity contribution < 1.29 is 48.5 Å². The van der Waals surface area contributed by atoms with E-state index in [-0.39, 0.29) is 34.8 Å². The van der Waals surface area contributed by atoms with Crippen molar-refractivity contribution >= 4 is 54.3 Å². The van der Waals surface area contributed by atoms with Crippen molar-refractivity contribution in [3.63, 3.8) is 0 Å².